The van der Waals surface area contributed by atoms with Crippen molar-refractivity contribution in [2.24, 2.45) is 17.3 Å². The number of hydrogen-bond donors (Lipinski definition) is 0. The summed E-state index contributed by atoms with van der Waals surface area (Å²) in [5.41, 5.74) is -1.32. The van der Waals surface area contributed by atoms with Crippen molar-refractivity contribution in [3.63, 3.8) is 0 Å². The van der Waals surface area contributed by atoms with Gasteiger partial charge in [-0.3, -0.25) is 9.59 Å². The number of rotatable bonds is 3. The lowest BCUT2D eigenvalue weighted by molar-refractivity contribution is -0.157. The number of ketones is 2. The van der Waals surface area contributed by atoms with Gasteiger partial charge in [0.05, 0.1) is 12.5 Å². The number of fused-ring (bicyclic) bond motifs is 1. The fraction of sp³-hybridized carbons (Fsp3) is 0.750. The minimum absolute atomic E-state index is 0.0167. The first-order valence-electron chi connectivity index (χ1n) is 5.87. The van der Waals surface area contributed by atoms with Crippen molar-refractivity contribution in [3.8, 4) is 0 Å². The Morgan fingerprint density at radius 3 is 2.61 bits per heavy atom. The molecule has 0 radical (unpaired) electrons. The third-order valence-corrected chi connectivity index (χ3v) is 4.08. The maximum Gasteiger partial charge on any atom is 0.375 e. The molecule has 4 nitrogen and oxygen atoms in total. The summed E-state index contributed by atoms with van der Waals surface area (Å²) < 4.78 is 31.4. The van der Waals surface area contributed by atoms with E-state index in [9.17, 15) is 23.2 Å². The van der Waals surface area contributed by atoms with E-state index in [1.807, 2.05) is 0 Å². The molecule has 3 atom stereocenters. The number of alkyl halides is 2. The molecule has 0 aromatic rings. The van der Waals surface area contributed by atoms with Gasteiger partial charge in [-0.1, -0.05) is 6.92 Å². The zero-order valence-corrected chi connectivity index (χ0v) is 10.2. The highest BCUT2D eigenvalue weighted by molar-refractivity contribution is 6.38. The molecule has 6 heteroatoms. The first-order valence-corrected chi connectivity index (χ1v) is 5.87. The van der Waals surface area contributed by atoms with E-state index in [-0.39, 0.29) is 19.4 Å². The van der Waals surface area contributed by atoms with Crippen LogP contribution in [-0.2, 0) is 19.1 Å². The molecular formula is C12H14F2O4. The zero-order chi connectivity index (χ0) is 13.7. The largest absolute Gasteiger partial charge is 0.460 e. The van der Waals surface area contributed by atoms with Gasteiger partial charge in [0.1, 0.15) is 5.78 Å². The van der Waals surface area contributed by atoms with Crippen LogP contribution in [0, 0.1) is 17.3 Å². The van der Waals surface area contributed by atoms with E-state index >= 15 is 0 Å². The highest BCUT2D eigenvalue weighted by atomic mass is 19.3. The summed E-state index contributed by atoms with van der Waals surface area (Å²) in [6.07, 6.45) is -0.597. The molecule has 0 aromatic heterocycles. The van der Waals surface area contributed by atoms with Crippen molar-refractivity contribution < 1.29 is 27.9 Å². The summed E-state index contributed by atoms with van der Waals surface area (Å²) in [7, 11) is 0. The van der Waals surface area contributed by atoms with Crippen LogP contribution in [0.2, 0.25) is 0 Å². The van der Waals surface area contributed by atoms with Crippen molar-refractivity contribution in [3.05, 3.63) is 0 Å². The van der Waals surface area contributed by atoms with Crippen molar-refractivity contribution in [2.75, 3.05) is 6.61 Å². The standard InChI is InChI=1S/C12H14F2O4/c1-3-18-10(17)9(16)6-4-8-11(2,5-7(6)15)12(8,13)14/h6,8H,3-5H2,1-2H3. The normalized spacial score (nSPS) is 36.8. The lowest BCUT2D eigenvalue weighted by Crippen LogP contribution is -2.36. The first kappa shape index (κ1) is 13.1. The van der Waals surface area contributed by atoms with Crippen LogP contribution in [0.1, 0.15) is 26.7 Å². The summed E-state index contributed by atoms with van der Waals surface area (Å²) >= 11 is 0. The highest BCUT2D eigenvalue weighted by Crippen LogP contribution is 2.71. The molecule has 2 rings (SSSR count). The lowest BCUT2D eigenvalue weighted by atomic mass is 9.79. The molecule has 0 N–H and O–H groups in total. The number of ether oxygens (including phenoxy) is 1. The number of carbonyl (C=O) groups is 3. The molecule has 0 spiro atoms. The summed E-state index contributed by atoms with van der Waals surface area (Å²) in [6, 6.07) is 0. The van der Waals surface area contributed by atoms with E-state index in [2.05, 4.69) is 4.74 Å². The predicted molar refractivity (Wildman–Crippen MR) is 55.9 cm³/mol. The Kier molecular flexibility index (Phi) is 2.79. The summed E-state index contributed by atoms with van der Waals surface area (Å²) in [5.74, 6) is -7.83. The average molecular weight is 260 g/mol. The van der Waals surface area contributed by atoms with Gasteiger partial charge in [-0.2, -0.15) is 0 Å². The van der Waals surface area contributed by atoms with Gasteiger partial charge in [0.25, 0.3) is 5.92 Å². The monoisotopic (exact) mass is 260 g/mol. The molecule has 3 unspecified atom stereocenters. The van der Waals surface area contributed by atoms with Crippen LogP contribution in [0.5, 0.6) is 0 Å². The van der Waals surface area contributed by atoms with Crippen LogP contribution in [0.3, 0.4) is 0 Å². The van der Waals surface area contributed by atoms with Crippen LogP contribution >= 0.6 is 0 Å². The van der Waals surface area contributed by atoms with Crippen molar-refractivity contribution >= 4 is 17.5 Å². The number of hydrogen-bond acceptors (Lipinski definition) is 4. The van der Waals surface area contributed by atoms with E-state index in [1.54, 1.807) is 0 Å². The minimum atomic E-state index is -2.91. The van der Waals surface area contributed by atoms with Gasteiger partial charge < -0.3 is 4.74 Å². The molecule has 0 heterocycles. The SMILES string of the molecule is CCOC(=O)C(=O)C1CC2C(F)(F)C2(C)CC1=O. The highest BCUT2D eigenvalue weighted by Gasteiger charge is 2.80. The maximum atomic E-state index is 13.5. The Morgan fingerprint density at radius 1 is 1.44 bits per heavy atom. The number of halogens is 2. The molecular weight excluding hydrogens is 246 g/mol. The Hall–Kier alpha value is -1.33. The molecule has 2 aliphatic carbocycles. The maximum absolute atomic E-state index is 13.5. The topological polar surface area (TPSA) is 60.4 Å². The Bertz CT molecular complexity index is 432. The molecule has 0 aliphatic heterocycles. The third-order valence-electron chi connectivity index (χ3n) is 4.08. The second-order valence-electron chi connectivity index (χ2n) is 5.11. The molecule has 100 valence electrons. The van der Waals surface area contributed by atoms with E-state index in [0.717, 1.165) is 0 Å². The minimum Gasteiger partial charge on any atom is -0.460 e. The number of esters is 1. The molecule has 0 bridgehead atoms. The van der Waals surface area contributed by atoms with Crippen molar-refractivity contribution in [1.82, 2.24) is 0 Å². The second kappa shape index (κ2) is 3.83. The first-order chi connectivity index (χ1) is 8.25. The van der Waals surface area contributed by atoms with E-state index in [4.69, 9.17) is 0 Å². The Labute approximate surface area is 103 Å². The van der Waals surface area contributed by atoms with Gasteiger partial charge in [-0.15, -0.1) is 0 Å². The second-order valence-corrected chi connectivity index (χ2v) is 5.11. The van der Waals surface area contributed by atoms with Gasteiger partial charge in [0.15, 0.2) is 0 Å². The van der Waals surface area contributed by atoms with E-state index in [1.165, 1.54) is 13.8 Å². The van der Waals surface area contributed by atoms with Gasteiger partial charge in [0.2, 0.25) is 5.78 Å². The fourth-order valence-electron chi connectivity index (χ4n) is 2.77. The van der Waals surface area contributed by atoms with Crippen LogP contribution in [0.15, 0.2) is 0 Å². The van der Waals surface area contributed by atoms with Crippen molar-refractivity contribution in [2.45, 2.75) is 32.6 Å². The van der Waals surface area contributed by atoms with Crippen LogP contribution in [-0.4, -0.2) is 30.1 Å². The van der Waals surface area contributed by atoms with Gasteiger partial charge in [-0.05, 0) is 13.3 Å². The molecule has 0 aromatic carbocycles. The zero-order valence-electron chi connectivity index (χ0n) is 10.2. The third kappa shape index (κ3) is 1.58. The van der Waals surface area contributed by atoms with Crippen LogP contribution < -0.4 is 0 Å². The molecule has 2 saturated carbocycles. The summed E-state index contributed by atoms with van der Waals surface area (Å²) in [4.78, 5) is 34.6. The number of carbonyl (C=O) groups excluding carboxylic acids is 3. The van der Waals surface area contributed by atoms with E-state index < -0.39 is 40.7 Å². The van der Waals surface area contributed by atoms with Gasteiger partial charge in [-0.25, -0.2) is 13.6 Å². The Balaban J connectivity index is 2.12. The smallest absolute Gasteiger partial charge is 0.375 e. The fourth-order valence-corrected chi connectivity index (χ4v) is 2.77. The average Bonchev–Trinajstić information content (AvgIpc) is 2.70. The summed E-state index contributed by atoms with van der Waals surface area (Å²) in [5, 5.41) is 0. The molecule has 18 heavy (non-hydrogen) atoms. The molecule has 0 saturated heterocycles. The molecule has 2 aliphatic rings. The Morgan fingerprint density at radius 2 is 2.06 bits per heavy atom. The molecule has 0 amide bonds. The van der Waals surface area contributed by atoms with Crippen LogP contribution in [0.25, 0.3) is 0 Å². The van der Waals surface area contributed by atoms with Crippen molar-refractivity contribution in [1.29, 1.82) is 0 Å². The van der Waals surface area contributed by atoms with Gasteiger partial charge >= 0.3 is 5.97 Å². The number of Topliss-reactive ketones (excluding diaryl/α,β-unsaturated/α-hetero) is 2. The van der Waals surface area contributed by atoms with Gasteiger partial charge in [0, 0.05) is 17.8 Å². The molecule has 2 fully saturated rings. The van der Waals surface area contributed by atoms with E-state index in [0.29, 0.717) is 0 Å². The predicted octanol–water partition coefficient (Wildman–Crippen LogP) is 1.37. The van der Waals surface area contributed by atoms with Crippen LogP contribution in [0.4, 0.5) is 8.78 Å². The quantitative estimate of drug-likeness (QED) is 0.437. The summed E-state index contributed by atoms with van der Waals surface area (Å²) in [6.45, 7) is 2.89. The lowest BCUT2D eigenvalue weighted by Gasteiger charge is -2.20.